The molecule has 0 aromatic heterocycles. The number of nitrogens with two attached hydrogens (primary N) is 2. The van der Waals surface area contributed by atoms with Crippen LogP contribution < -0.4 is 11.5 Å². The minimum absolute atomic E-state index is 0.357. The molecular weight excluding hydrogens is 236 g/mol. The van der Waals surface area contributed by atoms with Gasteiger partial charge in [-0.05, 0) is 24.7 Å². The van der Waals surface area contributed by atoms with E-state index in [0.717, 1.165) is 0 Å². The van der Waals surface area contributed by atoms with E-state index < -0.39 is 24.0 Å². The Bertz CT molecular complexity index is 228. The Hall–Kier alpha value is -1.14. The van der Waals surface area contributed by atoms with Crippen LogP contribution in [0.2, 0.25) is 0 Å². The smallest absolute Gasteiger partial charge is 0.320 e. The van der Waals surface area contributed by atoms with Crippen molar-refractivity contribution in [3.63, 3.8) is 0 Å². The first kappa shape index (κ1) is 19.2. The highest BCUT2D eigenvalue weighted by molar-refractivity contribution is 5.73. The molecule has 0 saturated carbocycles. The summed E-state index contributed by atoms with van der Waals surface area (Å²) < 4.78 is 0. The molecule has 0 heterocycles. The van der Waals surface area contributed by atoms with Gasteiger partial charge in [-0.2, -0.15) is 0 Å². The number of carboxylic acid groups (broad SMARTS) is 2. The maximum atomic E-state index is 10.1. The predicted molar refractivity (Wildman–Crippen MR) is 70.1 cm³/mol. The molecule has 0 unspecified atom stereocenters. The maximum Gasteiger partial charge on any atom is 0.320 e. The van der Waals surface area contributed by atoms with Crippen LogP contribution in [0.1, 0.15) is 40.5 Å². The van der Waals surface area contributed by atoms with E-state index in [1.807, 2.05) is 27.7 Å². The number of aliphatic carboxylic acids is 2. The summed E-state index contributed by atoms with van der Waals surface area (Å²) in [5.74, 6) is -1.11. The zero-order chi connectivity index (χ0) is 14.9. The molecule has 0 aliphatic carbocycles. The SMILES string of the molecule is CC(C)C[C@H](N)C(=O)O.CC(C)C[C@H](N)C(=O)O. The molecular formula is C12H26N2O4. The third-order valence-electron chi connectivity index (χ3n) is 2.09. The molecule has 0 saturated heterocycles. The topological polar surface area (TPSA) is 127 Å². The number of rotatable bonds is 6. The van der Waals surface area contributed by atoms with Gasteiger partial charge >= 0.3 is 11.9 Å². The first-order valence-electron chi connectivity index (χ1n) is 6.04. The second-order valence-corrected chi connectivity index (χ2v) is 5.15. The van der Waals surface area contributed by atoms with Crippen LogP contribution in [0.3, 0.4) is 0 Å². The molecule has 0 aliphatic rings. The average molecular weight is 262 g/mol. The predicted octanol–water partition coefficient (Wildman–Crippen LogP) is 0.889. The zero-order valence-electron chi connectivity index (χ0n) is 11.6. The van der Waals surface area contributed by atoms with Crippen molar-refractivity contribution in [3.05, 3.63) is 0 Å². The summed E-state index contributed by atoms with van der Waals surface area (Å²) in [6.07, 6.45) is 1.10. The highest BCUT2D eigenvalue weighted by atomic mass is 16.4. The van der Waals surface area contributed by atoms with Crippen molar-refractivity contribution in [2.24, 2.45) is 23.3 Å². The molecule has 108 valence electrons. The van der Waals surface area contributed by atoms with Gasteiger partial charge < -0.3 is 21.7 Å². The van der Waals surface area contributed by atoms with Crippen molar-refractivity contribution in [2.45, 2.75) is 52.6 Å². The summed E-state index contributed by atoms with van der Waals surface area (Å²) in [6, 6.07) is -1.38. The van der Waals surface area contributed by atoms with Crippen LogP contribution in [0, 0.1) is 11.8 Å². The number of hydrogen-bond acceptors (Lipinski definition) is 4. The van der Waals surface area contributed by atoms with Gasteiger partial charge in [0.05, 0.1) is 0 Å². The molecule has 2 atom stereocenters. The molecule has 0 aromatic rings. The Morgan fingerprint density at radius 1 is 0.833 bits per heavy atom. The standard InChI is InChI=1S/2C6H13NO2/c2*1-4(2)3-5(7)6(8)9/h2*4-5H,3,7H2,1-2H3,(H,8,9)/t2*5-/m00/s1. The van der Waals surface area contributed by atoms with Gasteiger partial charge in [0.25, 0.3) is 0 Å². The van der Waals surface area contributed by atoms with Crippen LogP contribution in [0.15, 0.2) is 0 Å². The summed E-state index contributed by atoms with van der Waals surface area (Å²) >= 11 is 0. The molecule has 0 aliphatic heterocycles. The molecule has 6 heteroatoms. The van der Waals surface area contributed by atoms with Gasteiger partial charge in [0.2, 0.25) is 0 Å². The van der Waals surface area contributed by atoms with Gasteiger partial charge in [-0.15, -0.1) is 0 Å². The van der Waals surface area contributed by atoms with Crippen molar-refractivity contribution >= 4 is 11.9 Å². The van der Waals surface area contributed by atoms with Gasteiger partial charge in [0.15, 0.2) is 0 Å². The lowest BCUT2D eigenvalue weighted by Gasteiger charge is -2.07. The van der Waals surface area contributed by atoms with Crippen molar-refractivity contribution < 1.29 is 19.8 Å². The fourth-order valence-electron chi connectivity index (χ4n) is 1.22. The highest BCUT2D eigenvalue weighted by Crippen LogP contribution is 2.02. The van der Waals surface area contributed by atoms with E-state index in [1.54, 1.807) is 0 Å². The van der Waals surface area contributed by atoms with Crippen molar-refractivity contribution in [2.75, 3.05) is 0 Å². The normalized spacial score (nSPS) is 13.8. The molecule has 0 aromatic carbocycles. The van der Waals surface area contributed by atoms with Crippen LogP contribution in [-0.4, -0.2) is 34.2 Å². The zero-order valence-corrected chi connectivity index (χ0v) is 11.6. The average Bonchev–Trinajstić information content (AvgIpc) is 2.16. The van der Waals surface area contributed by atoms with Gasteiger partial charge in [0.1, 0.15) is 12.1 Å². The maximum absolute atomic E-state index is 10.1. The second kappa shape index (κ2) is 9.85. The molecule has 0 radical (unpaired) electrons. The molecule has 18 heavy (non-hydrogen) atoms. The van der Waals surface area contributed by atoms with E-state index in [2.05, 4.69) is 0 Å². The molecule has 6 N–H and O–H groups in total. The summed E-state index contributed by atoms with van der Waals surface area (Å²) in [5.41, 5.74) is 10.4. The van der Waals surface area contributed by atoms with Crippen LogP contribution in [-0.2, 0) is 9.59 Å². The van der Waals surface area contributed by atoms with E-state index in [4.69, 9.17) is 21.7 Å². The third kappa shape index (κ3) is 12.9. The van der Waals surface area contributed by atoms with Crippen LogP contribution in [0.5, 0.6) is 0 Å². The monoisotopic (exact) mass is 262 g/mol. The lowest BCUT2D eigenvalue weighted by Crippen LogP contribution is -2.31. The van der Waals surface area contributed by atoms with E-state index in [0.29, 0.717) is 24.7 Å². The lowest BCUT2D eigenvalue weighted by molar-refractivity contribution is -0.139. The van der Waals surface area contributed by atoms with Crippen molar-refractivity contribution in [1.29, 1.82) is 0 Å². The summed E-state index contributed by atoms with van der Waals surface area (Å²) in [5, 5.41) is 16.6. The van der Waals surface area contributed by atoms with E-state index in [9.17, 15) is 9.59 Å². The van der Waals surface area contributed by atoms with Crippen molar-refractivity contribution in [1.82, 2.24) is 0 Å². The minimum Gasteiger partial charge on any atom is -0.480 e. The van der Waals surface area contributed by atoms with Crippen LogP contribution in [0.4, 0.5) is 0 Å². The van der Waals surface area contributed by atoms with E-state index >= 15 is 0 Å². The van der Waals surface area contributed by atoms with Gasteiger partial charge in [0, 0.05) is 0 Å². The van der Waals surface area contributed by atoms with Gasteiger partial charge in [-0.1, -0.05) is 27.7 Å². The van der Waals surface area contributed by atoms with Crippen LogP contribution in [0.25, 0.3) is 0 Å². The fraction of sp³-hybridized carbons (Fsp3) is 0.833. The lowest BCUT2D eigenvalue weighted by atomic mass is 10.1. The molecule has 6 nitrogen and oxygen atoms in total. The van der Waals surface area contributed by atoms with Gasteiger partial charge in [-0.3, -0.25) is 9.59 Å². The first-order valence-corrected chi connectivity index (χ1v) is 6.04. The minimum atomic E-state index is -0.913. The Labute approximate surface area is 108 Å². The summed E-state index contributed by atoms with van der Waals surface area (Å²) in [6.45, 7) is 7.79. The molecule has 0 fully saturated rings. The Balaban J connectivity index is 0. The summed E-state index contributed by atoms with van der Waals surface area (Å²) in [7, 11) is 0. The molecule has 0 amide bonds. The molecule has 0 spiro atoms. The first-order chi connectivity index (χ1) is 8.07. The van der Waals surface area contributed by atoms with Gasteiger partial charge in [-0.25, -0.2) is 0 Å². The van der Waals surface area contributed by atoms with E-state index in [1.165, 1.54) is 0 Å². The van der Waals surface area contributed by atoms with Crippen molar-refractivity contribution in [3.8, 4) is 0 Å². The Morgan fingerprint density at radius 3 is 1.11 bits per heavy atom. The largest absolute Gasteiger partial charge is 0.480 e. The quantitative estimate of drug-likeness (QED) is 0.563. The fourth-order valence-corrected chi connectivity index (χ4v) is 1.22. The number of hydrogen-bond donors (Lipinski definition) is 4. The molecule has 0 bridgehead atoms. The highest BCUT2D eigenvalue weighted by Gasteiger charge is 2.12. The third-order valence-corrected chi connectivity index (χ3v) is 2.09. The van der Waals surface area contributed by atoms with E-state index in [-0.39, 0.29) is 0 Å². The number of carboxylic acids is 2. The van der Waals surface area contributed by atoms with Crippen LogP contribution >= 0.6 is 0 Å². The Kier molecular flexibility index (Phi) is 10.5. The summed E-state index contributed by atoms with van der Waals surface area (Å²) in [4.78, 5) is 20.2. The second-order valence-electron chi connectivity index (χ2n) is 5.15. The Morgan fingerprint density at radius 2 is 1.06 bits per heavy atom. The number of carbonyl (C=O) groups is 2. The molecule has 0 rings (SSSR count).